The number of fused-ring (bicyclic) bond motifs is 1. The number of rotatable bonds is 1. The second-order valence-corrected chi connectivity index (χ2v) is 4.01. The monoisotopic (exact) mass is 214 g/mol. The Bertz CT molecular complexity index is 459. The predicted molar refractivity (Wildman–Crippen MR) is 60.6 cm³/mol. The van der Waals surface area contributed by atoms with Crippen LogP contribution < -0.4 is 0 Å². The van der Waals surface area contributed by atoms with Crippen LogP contribution in [0.15, 0.2) is 18.2 Å². The Balaban J connectivity index is 2.23. The van der Waals surface area contributed by atoms with Gasteiger partial charge in [0, 0.05) is 19.5 Å². The molecule has 0 aromatic heterocycles. The molecule has 1 heterocycles. The van der Waals surface area contributed by atoms with E-state index in [1.54, 1.807) is 0 Å². The fourth-order valence-electron chi connectivity index (χ4n) is 2.06. The summed E-state index contributed by atoms with van der Waals surface area (Å²) in [6.45, 7) is 3.35. The summed E-state index contributed by atoms with van der Waals surface area (Å²) in [5, 5.41) is 8.80. The van der Waals surface area contributed by atoms with Crippen molar-refractivity contribution in [2.24, 2.45) is 0 Å². The van der Waals surface area contributed by atoms with Crippen molar-refractivity contribution >= 4 is 5.91 Å². The van der Waals surface area contributed by atoms with Gasteiger partial charge in [0.25, 0.3) is 0 Å². The van der Waals surface area contributed by atoms with Crippen LogP contribution in [0.2, 0.25) is 0 Å². The van der Waals surface area contributed by atoms with Gasteiger partial charge in [-0.1, -0.05) is 13.0 Å². The van der Waals surface area contributed by atoms with E-state index in [-0.39, 0.29) is 5.91 Å². The topological polar surface area (TPSA) is 44.1 Å². The van der Waals surface area contributed by atoms with Crippen LogP contribution in [0.5, 0.6) is 0 Å². The van der Waals surface area contributed by atoms with Gasteiger partial charge >= 0.3 is 0 Å². The fourth-order valence-corrected chi connectivity index (χ4v) is 2.06. The smallest absolute Gasteiger partial charge is 0.222 e. The summed E-state index contributed by atoms with van der Waals surface area (Å²) < 4.78 is 0. The fraction of sp³-hybridized carbons (Fsp3) is 0.385. The van der Waals surface area contributed by atoms with E-state index in [0.29, 0.717) is 18.5 Å². The molecule has 0 saturated carbocycles. The van der Waals surface area contributed by atoms with Gasteiger partial charge in [0.15, 0.2) is 0 Å². The van der Waals surface area contributed by atoms with Gasteiger partial charge in [0.05, 0.1) is 11.6 Å². The molecule has 2 rings (SSSR count). The molecule has 1 amide bonds. The van der Waals surface area contributed by atoms with Crippen molar-refractivity contribution in [3.63, 3.8) is 0 Å². The summed E-state index contributed by atoms with van der Waals surface area (Å²) in [4.78, 5) is 13.5. The molecule has 0 bridgehead atoms. The van der Waals surface area contributed by atoms with Crippen molar-refractivity contribution in [3.05, 3.63) is 34.9 Å². The summed E-state index contributed by atoms with van der Waals surface area (Å²) in [5.41, 5.74) is 3.08. The predicted octanol–water partition coefficient (Wildman–Crippen LogP) is 1.85. The highest BCUT2D eigenvalue weighted by Crippen LogP contribution is 2.20. The van der Waals surface area contributed by atoms with E-state index in [4.69, 9.17) is 5.26 Å². The molecule has 1 aromatic carbocycles. The Morgan fingerprint density at radius 1 is 1.50 bits per heavy atom. The van der Waals surface area contributed by atoms with E-state index in [9.17, 15) is 4.79 Å². The first-order valence-corrected chi connectivity index (χ1v) is 5.54. The summed E-state index contributed by atoms with van der Waals surface area (Å²) >= 11 is 0. The van der Waals surface area contributed by atoms with Crippen molar-refractivity contribution in [3.8, 4) is 6.07 Å². The molecule has 3 nitrogen and oxygen atoms in total. The molecule has 82 valence electrons. The number of benzene rings is 1. The van der Waals surface area contributed by atoms with E-state index in [1.807, 2.05) is 30.0 Å². The third kappa shape index (κ3) is 1.92. The molecule has 0 unspecified atom stereocenters. The lowest BCUT2D eigenvalue weighted by Gasteiger charge is -2.28. The molecule has 0 radical (unpaired) electrons. The van der Waals surface area contributed by atoms with Crippen LogP contribution in [0.25, 0.3) is 0 Å². The van der Waals surface area contributed by atoms with E-state index in [1.165, 1.54) is 11.1 Å². The molecule has 0 saturated heterocycles. The van der Waals surface area contributed by atoms with Crippen LogP contribution >= 0.6 is 0 Å². The van der Waals surface area contributed by atoms with Gasteiger partial charge < -0.3 is 4.90 Å². The Kier molecular flexibility index (Phi) is 2.91. The van der Waals surface area contributed by atoms with Gasteiger partial charge in [-0.05, 0) is 29.7 Å². The van der Waals surface area contributed by atoms with Crippen LogP contribution in [0, 0.1) is 11.3 Å². The summed E-state index contributed by atoms with van der Waals surface area (Å²) in [5.74, 6) is 0.204. The zero-order valence-corrected chi connectivity index (χ0v) is 9.36. The Morgan fingerprint density at radius 3 is 3.00 bits per heavy atom. The number of nitriles is 1. The van der Waals surface area contributed by atoms with Gasteiger partial charge in [-0.3, -0.25) is 4.79 Å². The van der Waals surface area contributed by atoms with Crippen molar-refractivity contribution in [1.82, 2.24) is 4.90 Å². The normalized spacial score (nSPS) is 14.1. The van der Waals surface area contributed by atoms with Crippen LogP contribution in [0.4, 0.5) is 0 Å². The van der Waals surface area contributed by atoms with Crippen LogP contribution in [0.3, 0.4) is 0 Å². The second kappa shape index (κ2) is 4.36. The van der Waals surface area contributed by atoms with Crippen LogP contribution in [-0.2, 0) is 17.8 Å². The first-order valence-electron chi connectivity index (χ1n) is 5.54. The highest BCUT2D eigenvalue weighted by atomic mass is 16.2. The largest absolute Gasteiger partial charge is 0.338 e. The highest BCUT2D eigenvalue weighted by molar-refractivity contribution is 5.76. The maximum atomic E-state index is 11.6. The zero-order valence-electron chi connectivity index (χ0n) is 9.36. The molecule has 0 fully saturated rings. The molecule has 1 aliphatic rings. The molecule has 16 heavy (non-hydrogen) atoms. The van der Waals surface area contributed by atoms with Crippen LogP contribution in [0.1, 0.15) is 30.0 Å². The number of carbonyl (C=O) groups excluding carboxylic acids is 1. The minimum atomic E-state index is 0.204. The van der Waals surface area contributed by atoms with E-state index < -0.39 is 0 Å². The minimum Gasteiger partial charge on any atom is -0.338 e. The van der Waals surface area contributed by atoms with Gasteiger partial charge in [-0.15, -0.1) is 0 Å². The number of hydrogen-bond donors (Lipinski definition) is 0. The maximum Gasteiger partial charge on any atom is 0.222 e. The molecule has 0 spiro atoms. The van der Waals surface area contributed by atoms with E-state index in [2.05, 4.69) is 6.07 Å². The first kappa shape index (κ1) is 10.7. The van der Waals surface area contributed by atoms with Gasteiger partial charge in [-0.2, -0.15) is 5.26 Å². The maximum absolute atomic E-state index is 11.6. The zero-order chi connectivity index (χ0) is 11.5. The standard InChI is InChI=1S/C13H14N2O/c1-2-13(16)15-6-5-11-7-10(8-14)3-4-12(11)9-15/h3-4,7H,2,5-6,9H2,1H3. The third-order valence-corrected chi connectivity index (χ3v) is 3.00. The lowest BCUT2D eigenvalue weighted by atomic mass is 9.97. The number of amides is 1. The Hall–Kier alpha value is -1.82. The number of carbonyl (C=O) groups is 1. The lowest BCUT2D eigenvalue weighted by Crippen LogP contribution is -2.35. The van der Waals surface area contributed by atoms with E-state index >= 15 is 0 Å². The van der Waals surface area contributed by atoms with Gasteiger partial charge in [-0.25, -0.2) is 0 Å². The Labute approximate surface area is 95.3 Å². The summed E-state index contributed by atoms with van der Waals surface area (Å²) in [7, 11) is 0. The molecule has 0 N–H and O–H groups in total. The number of hydrogen-bond acceptors (Lipinski definition) is 2. The Morgan fingerprint density at radius 2 is 2.31 bits per heavy atom. The van der Waals surface area contributed by atoms with Crippen LogP contribution in [-0.4, -0.2) is 17.4 Å². The highest BCUT2D eigenvalue weighted by Gasteiger charge is 2.19. The van der Waals surface area contributed by atoms with Crippen molar-refractivity contribution in [2.45, 2.75) is 26.3 Å². The second-order valence-electron chi connectivity index (χ2n) is 4.01. The lowest BCUT2D eigenvalue weighted by molar-refractivity contribution is -0.131. The average Bonchev–Trinajstić information content (AvgIpc) is 2.36. The molecule has 0 atom stereocenters. The third-order valence-electron chi connectivity index (χ3n) is 3.00. The quantitative estimate of drug-likeness (QED) is 0.716. The molecule has 1 aliphatic heterocycles. The average molecular weight is 214 g/mol. The molecular weight excluding hydrogens is 200 g/mol. The van der Waals surface area contributed by atoms with E-state index in [0.717, 1.165) is 13.0 Å². The van der Waals surface area contributed by atoms with Crippen molar-refractivity contribution < 1.29 is 4.79 Å². The summed E-state index contributed by atoms with van der Waals surface area (Å²) in [6, 6.07) is 7.85. The summed E-state index contributed by atoms with van der Waals surface area (Å²) in [6.07, 6.45) is 1.42. The number of nitrogens with zero attached hydrogens (tertiary/aromatic N) is 2. The first-order chi connectivity index (χ1) is 7.74. The molecule has 0 aliphatic carbocycles. The molecule has 1 aromatic rings. The van der Waals surface area contributed by atoms with Crippen molar-refractivity contribution in [2.75, 3.05) is 6.54 Å². The molecule has 3 heteroatoms. The molecular formula is C13H14N2O. The SMILES string of the molecule is CCC(=O)N1CCc2cc(C#N)ccc2C1. The van der Waals surface area contributed by atoms with Gasteiger partial charge in [0.2, 0.25) is 5.91 Å². The van der Waals surface area contributed by atoms with Gasteiger partial charge in [0.1, 0.15) is 0 Å². The van der Waals surface area contributed by atoms with Crippen molar-refractivity contribution in [1.29, 1.82) is 5.26 Å². The minimum absolute atomic E-state index is 0.204.